The maximum atomic E-state index is 11.8. The molecule has 7 N–H and O–H groups in total. The molecule has 0 aromatic heterocycles. The molecule has 0 aliphatic rings. The summed E-state index contributed by atoms with van der Waals surface area (Å²) in [5.41, 5.74) is 0.107. The van der Waals surface area contributed by atoms with Crippen LogP contribution >= 0.6 is 0 Å². The third-order valence-electron chi connectivity index (χ3n) is 1.73. The first-order valence-corrected chi connectivity index (χ1v) is 4.66. The fourth-order valence-corrected chi connectivity index (χ4v) is 0.972. The van der Waals surface area contributed by atoms with E-state index in [1.165, 1.54) is 24.3 Å². The monoisotopic (exact) mass is 508 g/mol. The minimum atomic E-state index is -4.94. The molecule has 1 aromatic rings. The Morgan fingerprint density at radius 3 is 1.82 bits per heavy atom. The summed E-state index contributed by atoms with van der Waals surface area (Å²) >= 11 is 0. The number of benzene rings is 1. The Bertz CT molecular complexity index is 467. The third kappa shape index (κ3) is 13.2. The predicted molar refractivity (Wildman–Crippen MR) is 65.3 cm³/mol. The van der Waals surface area contributed by atoms with Crippen LogP contribution in [0.25, 0.3) is 0 Å². The van der Waals surface area contributed by atoms with Crippen molar-refractivity contribution in [2.75, 3.05) is 0 Å². The average molecular weight is 508 g/mol. The van der Waals surface area contributed by atoms with Crippen LogP contribution in [-0.2, 0) is 25.9 Å². The molecule has 0 saturated heterocycles. The molecule has 0 heterocycles. The van der Waals surface area contributed by atoms with Crippen molar-refractivity contribution in [1.29, 1.82) is 0 Å². The topological polar surface area (TPSA) is 168 Å². The van der Waals surface area contributed by atoms with Crippen molar-refractivity contribution >= 4 is 11.6 Å². The van der Waals surface area contributed by atoms with Crippen molar-refractivity contribution < 1.29 is 54.1 Å². The first-order valence-electron chi connectivity index (χ1n) is 4.66. The number of Topliss-reactive ketones (excluding diaryl/α,β-unsaturated/α-hetero) is 2. The molecule has 1 aromatic carbocycles. The molecule has 1 rings (SSSR count). The molecule has 0 fully saturated rings. The Hall–Kier alpha value is -1.84. The molecule has 0 bridgehead atoms. The van der Waals surface area contributed by atoms with Gasteiger partial charge in [0.25, 0.3) is 5.09 Å². The summed E-state index contributed by atoms with van der Waals surface area (Å²) in [6.07, 6.45) is -6.07. The minimum Gasteiger partial charge on any atom is -0.344 e. The smallest absolute Gasteiger partial charge is 0.344 e. The Morgan fingerprint density at radius 1 is 1.14 bits per heavy atom. The Kier molecular flexibility index (Phi) is 16.6. The number of ketones is 2. The van der Waals surface area contributed by atoms with Gasteiger partial charge in [-0.05, 0) is 0 Å². The van der Waals surface area contributed by atoms with Gasteiger partial charge in [-0.15, -0.1) is 10.1 Å². The molecule has 0 atom stereocenters. The largest absolute Gasteiger partial charge is 2.00 e. The van der Waals surface area contributed by atoms with Crippen LogP contribution in [0.1, 0.15) is 16.8 Å². The molecule has 0 aliphatic carbocycles. The summed E-state index contributed by atoms with van der Waals surface area (Å²) in [6, 6.07) is 7.40. The van der Waals surface area contributed by atoms with Crippen molar-refractivity contribution in [3.63, 3.8) is 0 Å². The molecule has 0 radical (unpaired) electrons. The molecule has 128 valence electrons. The van der Waals surface area contributed by atoms with Gasteiger partial charge in [-0.25, -0.2) is 0 Å². The number of hydrogen-bond donors (Lipinski definition) is 3. The van der Waals surface area contributed by atoms with Gasteiger partial charge in [-0.3, -0.25) is 9.59 Å². The van der Waals surface area contributed by atoms with Crippen LogP contribution in [0.2, 0.25) is 0 Å². The minimum absolute atomic E-state index is 0. The van der Waals surface area contributed by atoms with E-state index in [0.29, 0.717) is 0 Å². The standard InChI is InChI=1S/C10H7F3O2.HNO3.2H3N.Pt/c11-10(12,13)9(15)6-8(14)7-4-2-1-3-5-7;2-1(3)4;;;/h1-5H,6H2;(H,2,3,4);2*1H3;/q;;;;+2. The van der Waals surface area contributed by atoms with Gasteiger partial charge >= 0.3 is 27.2 Å². The van der Waals surface area contributed by atoms with Gasteiger partial charge in [0.05, 0.1) is 6.42 Å². The van der Waals surface area contributed by atoms with E-state index < -0.39 is 29.3 Å². The van der Waals surface area contributed by atoms with Gasteiger partial charge in [0, 0.05) is 5.56 Å². The van der Waals surface area contributed by atoms with Gasteiger partial charge in [0.15, 0.2) is 5.78 Å². The van der Waals surface area contributed by atoms with Crippen molar-refractivity contribution in [2.45, 2.75) is 12.6 Å². The molecule has 0 saturated carbocycles. The van der Waals surface area contributed by atoms with Crippen LogP contribution in [0, 0.1) is 10.1 Å². The molecule has 8 nitrogen and oxygen atoms in total. The summed E-state index contributed by atoms with van der Waals surface area (Å²) in [6.45, 7) is 0. The molecule has 22 heavy (non-hydrogen) atoms. The first kappa shape index (κ1) is 28.3. The van der Waals surface area contributed by atoms with Gasteiger partial charge in [0.1, 0.15) is 0 Å². The predicted octanol–water partition coefficient (Wildman–Crippen LogP) is 2.36. The fraction of sp³-hybridized carbons (Fsp3) is 0.200. The molecule has 0 spiro atoms. The van der Waals surface area contributed by atoms with E-state index >= 15 is 0 Å². The number of alkyl halides is 3. The Morgan fingerprint density at radius 2 is 1.50 bits per heavy atom. The normalized spacial score (nSPS) is 8.68. The van der Waals surface area contributed by atoms with Crippen LogP contribution in [0.3, 0.4) is 0 Å². The molecule has 0 unspecified atom stereocenters. The maximum absolute atomic E-state index is 11.8. The van der Waals surface area contributed by atoms with E-state index in [1.807, 2.05) is 0 Å². The average Bonchev–Trinajstić information content (AvgIpc) is 2.28. The second kappa shape index (κ2) is 12.9. The summed E-state index contributed by atoms with van der Waals surface area (Å²) in [5, 5.41) is 13.6. The number of halogens is 3. The van der Waals surface area contributed by atoms with Crippen LogP contribution in [0.4, 0.5) is 13.2 Å². The van der Waals surface area contributed by atoms with E-state index in [9.17, 15) is 22.8 Å². The molecular formula is C10H14F3N3O5Pt+2. The van der Waals surface area contributed by atoms with Crippen LogP contribution in [0.15, 0.2) is 30.3 Å². The van der Waals surface area contributed by atoms with Crippen LogP contribution < -0.4 is 12.3 Å². The van der Waals surface area contributed by atoms with E-state index in [-0.39, 0.29) is 38.9 Å². The van der Waals surface area contributed by atoms with E-state index in [1.54, 1.807) is 6.07 Å². The maximum Gasteiger partial charge on any atom is 2.00 e. The Balaban J connectivity index is -0.000000208. The van der Waals surface area contributed by atoms with E-state index in [4.69, 9.17) is 15.3 Å². The third-order valence-corrected chi connectivity index (χ3v) is 1.73. The van der Waals surface area contributed by atoms with Crippen LogP contribution in [-0.4, -0.2) is 28.0 Å². The second-order valence-electron chi connectivity index (χ2n) is 3.12. The van der Waals surface area contributed by atoms with Gasteiger partial charge in [-0.1, -0.05) is 30.3 Å². The number of carbonyl (C=O) groups excluding carboxylic acids is 2. The zero-order chi connectivity index (χ0) is 15.1. The van der Waals surface area contributed by atoms with E-state index in [2.05, 4.69) is 0 Å². The summed E-state index contributed by atoms with van der Waals surface area (Å²) in [4.78, 5) is 30.0. The number of carbonyl (C=O) groups is 2. The van der Waals surface area contributed by atoms with E-state index in [0.717, 1.165) is 0 Å². The zero-order valence-electron chi connectivity index (χ0n) is 11.0. The number of rotatable bonds is 3. The Labute approximate surface area is 137 Å². The van der Waals surface area contributed by atoms with Crippen molar-refractivity contribution in [3.8, 4) is 0 Å². The van der Waals surface area contributed by atoms with Gasteiger partial charge in [0.2, 0.25) is 5.78 Å². The van der Waals surface area contributed by atoms with Crippen molar-refractivity contribution in [3.05, 3.63) is 46.0 Å². The SMILES string of the molecule is N.N.O=C(CC(=O)C(F)(F)F)c1ccccc1.O=[N+]([O-])O.[Pt+2]. The summed E-state index contributed by atoms with van der Waals surface area (Å²) in [5.74, 6) is -2.84. The van der Waals surface area contributed by atoms with Crippen LogP contribution in [0.5, 0.6) is 0 Å². The van der Waals surface area contributed by atoms with Crippen molar-refractivity contribution in [2.24, 2.45) is 0 Å². The quantitative estimate of drug-likeness (QED) is 0.244. The zero-order valence-corrected chi connectivity index (χ0v) is 13.3. The summed E-state index contributed by atoms with van der Waals surface area (Å²) < 4.78 is 35.5. The van der Waals surface area contributed by atoms with Gasteiger partial charge in [-0.2, -0.15) is 13.2 Å². The molecule has 12 heteroatoms. The molecule has 0 aliphatic heterocycles. The fourth-order valence-electron chi connectivity index (χ4n) is 0.972. The van der Waals surface area contributed by atoms with Gasteiger partial charge < -0.3 is 17.5 Å². The number of nitrogens with zero attached hydrogens (tertiary/aromatic N) is 1. The number of hydrogen-bond acceptors (Lipinski definition) is 6. The van der Waals surface area contributed by atoms with Crippen molar-refractivity contribution in [1.82, 2.24) is 12.3 Å². The summed E-state index contributed by atoms with van der Waals surface area (Å²) in [7, 11) is 0. The first-order chi connectivity index (χ1) is 8.64. The second-order valence-corrected chi connectivity index (χ2v) is 3.12. The molecule has 0 amide bonds. The molecular weight excluding hydrogens is 494 g/mol.